The highest BCUT2D eigenvalue weighted by Gasteiger charge is 2.19. The van der Waals surface area contributed by atoms with Crippen LogP contribution in [0.25, 0.3) is 11.0 Å². The number of halogens is 3. The van der Waals surface area contributed by atoms with E-state index in [4.69, 9.17) is 11.6 Å². The summed E-state index contributed by atoms with van der Waals surface area (Å²) in [6.07, 6.45) is 1.66. The first-order chi connectivity index (χ1) is 9.31. The lowest BCUT2D eigenvalue weighted by Crippen LogP contribution is -2.19. The Hall–Kier alpha value is -0.210. The van der Waals surface area contributed by atoms with Crippen molar-refractivity contribution < 1.29 is 8.60 Å². The molecule has 7 heteroatoms. The van der Waals surface area contributed by atoms with Gasteiger partial charge in [0.25, 0.3) is 0 Å². The zero-order valence-electron chi connectivity index (χ0n) is 11.4. The molecule has 0 fully saturated rings. The molecule has 1 aromatic heterocycles. The summed E-state index contributed by atoms with van der Waals surface area (Å²) in [5.41, 5.74) is 1.41. The first-order valence-electron chi connectivity index (χ1n) is 6.12. The van der Waals surface area contributed by atoms with Crippen LogP contribution >= 0.6 is 34.2 Å². The number of alkyl halides is 1. The Morgan fingerprint density at radius 1 is 1.50 bits per heavy atom. The minimum absolute atomic E-state index is 0.0519. The predicted molar refractivity (Wildman–Crippen MR) is 90.2 cm³/mol. The van der Waals surface area contributed by atoms with Crippen LogP contribution in [0.1, 0.15) is 25.0 Å². The number of hydrogen-bond donors (Lipinski definition) is 0. The summed E-state index contributed by atoms with van der Waals surface area (Å²) >= 11 is 8.11. The first-order valence-corrected chi connectivity index (χ1v) is 9.26. The van der Waals surface area contributed by atoms with Crippen molar-refractivity contribution in [2.24, 2.45) is 0 Å². The summed E-state index contributed by atoms with van der Waals surface area (Å²) in [4.78, 5) is 4.49. The second-order valence-corrected chi connectivity index (χ2v) is 8.38. The van der Waals surface area contributed by atoms with Gasteiger partial charge in [-0.15, -0.1) is 11.6 Å². The molecule has 110 valence electrons. The molecule has 1 heterocycles. The maximum absolute atomic E-state index is 13.8. The van der Waals surface area contributed by atoms with Gasteiger partial charge >= 0.3 is 0 Å². The van der Waals surface area contributed by atoms with Crippen molar-refractivity contribution in [2.75, 3.05) is 6.26 Å². The van der Waals surface area contributed by atoms with E-state index in [1.807, 2.05) is 41.0 Å². The van der Waals surface area contributed by atoms with Crippen molar-refractivity contribution in [1.29, 1.82) is 0 Å². The van der Waals surface area contributed by atoms with Gasteiger partial charge in [0.15, 0.2) is 0 Å². The fourth-order valence-corrected chi connectivity index (χ4v) is 2.97. The molecule has 3 unspecified atom stereocenters. The SMILES string of the molecule is CC(Cl)c1nc2cc(I)c(F)cc2n1CC(C)S(C)=O. The Morgan fingerprint density at radius 3 is 2.70 bits per heavy atom. The first kappa shape index (κ1) is 16.2. The second-order valence-electron chi connectivity index (χ2n) is 4.76. The standard InChI is InChI=1S/C13H15ClFIN2OS/c1-7(20(3)19)6-18-12-4-9(15)10(16)5-11(12)17-13(18)8(2)14/h4-5,7-8H,6H2,1-3H3. The number of nitrogens with zero attached hydrogens (tertiary/aromatic N) is 2. The minimum atomic E-state index is -0.956. The number of rotatable bonds is 4. The number of imidazole rings is 1. The van der Waals surface area contributed by atoms with Crippen LogP contribution in [0.2, 0.25) is 0 Å². The van der Waals surface area contributed by atoms with Crippen molar-refractivity contribution in [3.05, 3.63) is 27.3 Å². The van der Waals surface area contributed by atoms with Gasteiger partial charge in [0.05, 0.1) is 20.0 Å². The van der Waals surface area contributed by atoms with Crippen LogP contribution in [0.5, 0.6) is 0 Å². The third kappa shape index (κ3) is 3.17. The zero-order valence-corrected chi connectivity index (χ0v) is 15.1. The second kappa shape index (κ2) is 6.27. The number of benzene rings is 1. The Kier molecular flexibility index (Phi) is 5.07. The topological polar surface area (TPSA) is 34.9 Å². The number of fused-ring (bicyclic) bond motifs is 1. The zero-order chi connectivity index (χ0) is 15.0. The fraction of sp³-hybridized carbons (Fsp3) is 0.462. The van der Waals surface area contributed by atoms with E-state index >= 15 is 0 Å². The van der Waals surface area contributed by atoms with Gasteiger partial charge in [-0.2, -0.15) is 0 Å². The van der Waals surface area contributed by atoms with Crippen molar-refractivity contribution in [1.82, 2.24) is 9.55 Å². The van der Waals surface area contributed by atoms with E-state index in [-0.39, 0.29) is 16.4 Å². The van der Waals surface area contributed by atoms with Gasteiger partial charge in [-0.05, 0) is 42.5 Å². The van der Waals surface area contributed by atoms with Crippen LogP contribution in [-0.4, -0.2) is 25.3 Å². The molecule has 0 bridgehead atoms. The molecule has 0 N–H and O–H groups in total. The van der Waals surface area contributed by atoms with Crippen LogP contribution in [0.4, 0.5) is 4.39 Å². The molecule has 1 aromatic carbocycles. The average Bonchev–Trinajstić information content (AvgIpc) is 2.68. The van der Waals surface area contributed by atoms with E-state index in [0.29, 0.717) is 27.0 Å². The van der Waals surface area contributed by atoms with E-state index in [9.17, 15) is 8.60 Å². The smallest absolute Gasteiger partial charge is 0.138 e. The minimum Gasteiger partial charge on any atom is -0.325 e. The van der Waals surface area contributed by atoms with Crippen molar-refractivity contribution in [2.45, 2.75) is 31.0 Å². The highest BCUT2D eigenvalue weighted by atomic mass is 127. The van der Waals surface area contributed by atoms with E-state index < -0.39 is 10.8 Å². The monoisotopic (exact) mass is 428 g/mol. The maximum Gasteiger partial charge on any atom is 0.138 e. The quantitative estimate of drug-likeness (QED) is 0.548. The van der Waals surface area contributed by atoms with Gasteiger partial charge in [-0.3, -0.25) is 4.21 Å². The summed E-state index contributed by atoms with van der Waals surface area (Å²) in [6, 6.07) is 3.18. The summed E-state index contributed by atoms with van der Waals surface area (Å²) in [7, 11) is -0.956. The van der Waals surface area contributed by atoms with Gasteiger partial charge in [0.1, 0.15) is 11.6 Å². The van der Waals surface area contributed by atoms with Crippen LogP contribution in [0.3, 0.4) is 0 Å². The van der Waals surface area contributed by atoms with Crippen molar-refractivity contribution in [3.8, 4) is 0 Å². The van der Waals surface area contributed by atoms with Crippen molar-refractivity contribution in [3.63, 3.8) is 0 Å². The number of aromatic nitrogens is 2. The van der Waals surface area contributed by atoms with Gasteiger partial charge in [0.2, 0.25) is 0 Å². The molecular formula is C13H15ClFIN2OS. The Balaban J connectivity index is 2.62. The van der Waals surface area contributed by atoms with Gasteiger partial charge in [0, 0.05) is 34.9 Å². The molecule has 2 rings (SSSR count). The molecule has 0 aliphatic heterocycles. The highest BCUT2D eigenvalue weighted by Crippen LogP contribution is 2.27. The largest absolute Gasteiger partial charge is 0.325 e. The lowest BCUT2D eigenvalue weighted by Gasteiger charge is -2.14. The van der Waals surface area contributed by atoms with E-state index in [2.05, 4.69) is 4.98 Å². The lowest BCUT2D eigenvalue weighted by atomic mass is 10.3. The van der Waals surface area contributed by atoms with Crippen LogP contribution in [0.15, 0.2) is 12.1 Å². The predicted octanol–water partition coefficient (Wildman–Crippen LogP) is 3.85. The van der Waals surface area contributed by atoms with E-state index in [0.717, 1.165) is 0 Å². The molecule has 3 atom stereocenters. The summed E-state index contributed by atoms with van der Waals surface area (Å²) in [5.74, 6) is 0.402. The van der Waals surface area contributed by atoms with Crippen molar-refractivity contribution >= 4 is 56.0 Å². The fourth-order valence-electron chi connectivity index (χ4n) is 2.00. The Morgan fingerprint density at radius 2 is 2.15 bits per heavy atom. The molecule has 0 saturated carbocycles. The molecule has 0 radical (unpaired) electrons. The molecular weight excluding hydrogens is 414 g/mol. The van der Waals surface area contributed by atoms with Gasteiger partial charge < -0.3 is 4.57 Å². The molecule has 2 aromatic rings. The van der Waals surface area contributed by atoms with Gasteiger partial charge in [-0.25, -0.2) is 9.37 Å². The Labute approximate surface area is 138 Å². The number of hydrogen-bond acceptors (Lipinski definition) is 2. The highest BCUT2D eigenvalue weighted by molar-refractivity contribution is 14.1. The summed E-state index contributed by atoms with van der Waals surface area (Å²) in [5, 5.41) is -0.343. The van der Waals surface area contributed by atoms with Crippen LogP contribution in [-0.2, 0) is 17.3 Å². The molecule has 20 heavy (non-hydrogen) atoms. The molecule has 0 amide bonds. The van der Waals surface area contributed by atoms with Gasteiger partial charge in [-0.1, -0.05) is 0 Å². The average molecular weight is 429 g/mol. The summed E-state index contributed by atoms with van der Waals surface area (Å²) < 4.78 is 27.8. The normalized spacial score (nSPS) is 16.3. The lowest BCUT2D eigenvalue weighted by molar-refractivity contribution is 0.615. The molecule has 0 aliphatic carbocycles. The molecule has 0 aliphatic rings. The van der Waals surface area contributed by atoms with E-state index in [1.165, 1.54) is 6.07 Å². The molecule has 0 spiro atoms. The van der Waals surface area contributed by atoms with Crippen LogP contribution in [0, 0.1) is 9.39 Å². The summed E-state index contributed by atoms with van der Waals surface area (Å²) in [6.45, 7) is 4.23. The van der Waals surface area contributed by atoms with Crippen LogP contribution < -0.4 is 0 Å². The van der Waals surface area contributed by atoms with E-state index in [1.54, 1.807) is 12.3 Å². The molecule has 3 nitrogen and oxygen atoms in total. The third-order valence-electron chi connectivity index (χ3n) is 3.18. The maximum atomic E-state index is 13.8. The molecule has 0 saturated heterocycles. The Bertz CT molecular complexity index is 674. The third-order valence-corrected chi connectivity index (χ3v) is 5.49.